The van der Waals surface area contributed by atoms with Crippen molar-refractivity contribution < 1.29 is 19.2 Å². The Labute approximate surface area is 173 Å². The van der Waals surface area contributed by atoms with Crippen molar-refractivity contribution in [1.82, 2.24) is 9.66 Å². The number of benzene rings is 2. The number of amides is 1. The molecule has 1 amide bonds. The highest BCUT2D eigenvalue weighted by Gasteiger charge is 2.23. The average Bonchev–Trinajstić information content (AvgIpc) is 2.72. The van der Waals surface area contributed by atoms with E-state index in [2.05, 4.69) is 10.1 Å². The number of nitro benzene ring substituents is 1. The first-order chi connectivity index (χ1) is 14.8. The Balaban J connectivity index is 2.09. The van der Waals surface area contributed by atoms with Crippen LogP contribution in [0.15, 0.2) is 51.1 Å². The highest BCUT2D eigenvalue weighted by atomic mass is 16.6. The number of aromatic amines is 1. The third kappa shape index (κ3) is 4.58. The fraction of sp³-hybridized carbons (Fsp3) is 0.158. The van der Waals surface area contributed by atoms with Crippen molar-refractivity contribution in [3.05, 3.63) is 72.9 Å². The van der Waals surface area contributed by atoms with Crippen molar-refractivity contribution in [2.75, 3.05) is 13.2 Å². The molecule has 0 fully saturated rings. The largest absolute Gasteiger partial charge is 0.490 e. The Morgan fingerprint density at radius 1 is 1.29 bits per heavy atom. The Morgan fingerprint density at radius 2 is 2.03 bits per heavy atom. The number of nitrogens with two attached hydrogens (primary N) is 1. The van der Waals surface area contributed by atoms with E-state index in [1.807, 2.05) is 0 Å². The lowest BCUT2D eigenvalue weighted by Gasteiger charge is -2.12. The van der Waals surface area contributed by atoms with E-state index in [1.165, 1.54) is 12.1 Å². The van der Waals surface area contributed by atoms with E-state index in [0.29, 0.717) is 10.2 Å². The Kier molecular flexibility index (Phi) is 6.10. The molecular weight excluding hydrogens is 410 g/mol. The molecule has 0 aliphatic heterocycles. The number of carbonyl (C=O) groups excluding carboxylic acids is 1. The first-order valence-corrected chi connectivity index (χ1v) is 8.96. The van der Waals surface area contributed by atoms with Gasteiger partial charge >= 0.3 is 11.4 Å². The number of carbonyl (C=O) groups is 1. The zero-order valence-corrected chi connectivity index (χ0v) is 16.2. The molecule has 2 aromatic carbocycles. The number of para-hydroxylation sites is 1. The number of rotatable bonds is 8. The number of nitrogens with one attached hydrogen (secondary N) is 1. The molecule has 12 heteroatoms. The summed E-state index contributed by atoms with van der Waals surface area (Å²) in [6.07, 6.45) is 1.10. The van der Waals surface area contributed by atoms with Crippen molar-refractivity contribution in [1.29, 1.82) is 0 Å². The molecule has 0 aliphatic carbocycles. The number of ether oxygens (including phenoxy) is 2. The maximum atomic E-state index is 12.6. The van der Waals surface area contributed by atoms with Crippen LogP contribution in [0.2, 0.25) is 0 Å². The van der Waals surface area contributed by atoms with Crippen LogP contribution in [0.25, 0.3) is 10.9 Å². The number of nitrogens with zero attached hydrogens (tertiary/aromatic N) is 3. The number of hydrogen-bond donors (Lipinski definition) is 2. The van der Waals surface area contributed by atoms with Gasteiger partial charge in [-0.2, -0.15) is 5.10 Å². The minimum Gasteiger partial charge on any atom is -0.490 e. The second kappa shape index (κ2) is 8.90. The van der Waals surface area contributed by atoms with Gasteiger partial charge in [0.25, 0.3) is 11.5 Å². The lowest BCUT2D eigenvalue weighted by atomic mass is 10.2. The van der Waals surface area contributed by atoms with Gasteiger partial charge in [0.1, 0.15) is 0 Å². The SMILES string of the molecule is CCOc1cc(C=Nn2c(=O)[nH]c3ccccc3c2=O)cc([N+](=O)[O-])c1OCC(N)=O. The van der Waals surface area contributed by atoms with Gasteiger partial charge in [0.2, 0.25) is 5.75 Å². The van der Waals surface area contributed by atoms with Crippen LogP contribution in [0.1, 0.15) is 12.5 Å². The van der Waals surface area contributed by atoms with E-state index in [4.69, 9.17) is 15.2 Å². The summed E-state index contributed by atoms with van der Waals surface area (Å²) >= 11 is 0. The first kappa shape index (κ1) is 21.2. The molecule has 0 saturated heterocycles. The molecule has 0 atom stereocenters. The molecule has 1 aromatic heterocycles. The van der Waals surface area contributed by atoms with Crippen molar-refractivity contribution in [3.63, 3.8) is 0 Å². The van der Waals surface area contributed by atoms with Crippen LogP contribution in [0, 0.1) is 10.1 Å². The fourth-order valence-electron chi connectivity index (χ4n) is 2.75. The molecule has 1 heterocycles. The molecule has 0 saturated carbocycles. The predicted octanol–water partition coefficient (Wildman–Crippen LogP) is 0.743. The number of nitro groups is 1. The second-order valence-corrected chi connectivity index (χ2v) is 6.15. The molecule has 3 aromatic rings. The van der Waals surface area contributed by atoms with E-state index in [-0.39, 0.29) is 29.1 Å². The molecule has 0 spiro atoms. The van der Waals surface area contributed by atoms with Gasteiger partial charge < -0.3 is 20.2 Å². The highest BCUT2D eigenvalue weighted by Crippen LogP contribution is 2.38. The highest BCUT2D eigenvalue weighted by molar-refractivity contribution is 5.84. The summed E-state index contributed by atoms with van der Waals surface area (Å²) in [5.41, 5.74) is 3.61. The lowest BCUT2D eigenvalue weighted by molar-refractivity contribution is -0.385. The van der Waals surface area contributed by atoms with Crippen LogP contribution in [0.5, 0.6) is 11.5 Å². The van der Waals surface area contributed by atoms with E-state index in [0.717, 1.165) is 12.3 Å². The monoisotopic (exact) mass is 427 g/mol. The molecule has 160 valence electrons. The van der Waals surface area contributed by atoms with Crippen LogP contribution in [-0.4, -0.2) is 39.9 Å². The topological polar surface area (TPSA) is 172 Å². The first-order valence-electron chi connectivity index (χ1n) is 8.96. The van der Waals surface area contributed by atoms with Gasteiger partial charge in [-0.3, -0.25) is 19.7 Å². The van der Waals surface area contributed by atoms with Gasteiger partial charge in [0.15, 0.2) is 12.4 Å². The third-order valence-corrected chi connectivity index (χ3v) is 4.02. The molecule has 0 radical (unpaired) electrons. The smallest absolute Gasteiger partial charge is 0.349 e. The van der Waals surface area contributed by atoms with E-state index >= 15 is 0 Å². The standard InChI is InChI=1S/C19H17N5O7/c1-2-30-15-8-11(7-14(24(28)29)17(15)31-10-16(20)25)9-21-23-18(26)12-5-3-4-6-13(12)22-19(23)27/h3-9H,2,10H2,1H3,(H2,20,25)(H,22,27). The number of H-pyrrole nitrogens is 1. The summed E-state index contributed by atoms with van der Waals surface area (Å²) < 4.78 is 11.1. The minimum absolute atomic E-state index is 0.0285. The van der Waals surface area contributed by atoms with Gasteiger partial charge in [0.05, 0.1) is 28.6 Å². The molecule has 0 unspecified atom stereocenters. The van der Waals surface area contributed by atoms with Crippen LogP contribution in [-0.2, 0) is 4.79 Å². The maximum absolute atomic E-state index is 12.6. The van der Waals surface area contributed by atoms with Crippen molar-refractivity contribution in [2.24, 2.45) is 10.8 Å². The Bertz CT molecular complexity index is 1310. The zero-order valence-electron chi connectivity index (χ0n) is 16.2. The zero-order chi connectivity index (χ0) is 22.5. The van der Waals surface area contributed by atoms with Crippen LogP contribution in [0.4, 0.5) is 5.69 Å². The minimum atomic E-state index is -0.822. The van der Waals surface area contributed by atoms with Gasteiger partial charge in [-0.05, 0) is 25.1 Å². The molecule has 0 bridgehead atoms. The summed E-state index contributed by atoms with van der Waals surface area (Å²) in [5.74, 6) is -1.13. The second-order valence-electron chi connectivity index (χ2n) is 6.15. The average molecular weight is 427 g/mol. The summed E-state index contributed by atoms with van der Waals surface area (Å²) in [6.45, 7) is 1.21. The molecule has 31 heavy (non-hydrogen) atoms. The van der Waals surface area contributed by atoms with E-state index < -0.39 is 34.4 Å². The van der Waals surface area contributed by atoms with Crippen LogP contribution in [0.3, 0.4) is 0 Å². The molecule has 12 nitrogen and oxygen atoms in total. The fourth-order valence-corrected chi connectivity index (χ4v) is 2.75. The number of hydrogen-bond acceptors (Lipinski definition) is 8. The summed E-state index contributed by atoms with van der Waals surface area (Å²) in [7, 11) is 0. The number of aromatic nitrogens is 2. The van der Waals surface area contributed by atoms with Gasteiger partial charge in [0, 0.05) is 11.6 Å². The van der Waals surface area contributed by atoms with Crippen LogP contribution >= 0.6 is 0 Å². The number of fused-ring (bicyclic) bond motifs is 1. The normalized spacial score (nSPS) is 11.0. The van der Waals surface area contributed by atoms with Gasteiger partial charge in [-0.15, -0.1) is 4.68 Å². The van der Waals surface area contributed by atoms with Gasteiger partial charge in [-0.1, -0.05) is 12.1 Å². The Hall–Kier alpha value is -4.48. The summed E-state index contributed by atoms with van der Waals surface area (Å²) in [5, 5.41) is 15.6. The molecule has 3 rings (SSSR count). The third-order valence-electron chi connectivity index (χ3n) is 4.02. The van der Waals surface area contributed by atoms with E-state index in [1.54, 1.807) is 25.1 Å². The van der Waals surface area contributed by atoms with Crippen LogP contribution < -0.4 is 26.5 Å². The van der Waals surface area contributed by atoms with Crippen molar-refractivity contribution >= 4 is 28.7 Å². The lowest BCUT2D eigenvalue weighted by Crippen LogP contribution is -2.32. The summed E-state index contributed by atoms with van der Waals surface area (Å²) in [4.78, 5) is 49.1. The van der Waals surface area contributed by atoms with Crippen molar-refractivity contribution in [3.8, 4) is 11.5 Å². The van der Waals surface area contributed by atoms with E-state index in [9.17, 15) is 24.5 Å². The quantitative estimate of drug-likeness (QED) is 0.303. The predicted molar refractivity (Wildman–Crippen MR) is 111 cm³/mol. The van der Waals surface area contributed by atoms with Gasteiger partial charge in [-0.25, -0.2) is 4.79 Å². The molecular formula is C19H17N5O7. The number of primary amides is 1. The maximum Gasteiger partial charge on any atom is 0.349 e. The summed E-state index contributed by atoms with van der Waals surface area (Å²) in [6, 6.07) is 8.87. The van der Waals surface area contributed by atoms with Crippen molar-refractivity contribution in [2.45, 2.75) is 6.92 Å². The Morgan fingerprint density at radius 3 is 2.71 bits per heavy atom. The molecule has 0 aliphatic rings. The molecule has 3 N–H and O–H groups in total.